The van der Waals surface area contributed by atoms with Crippen LogP contribution < -0.4 is 0 Å². The Morgan fingerprint density at radius 1 is 0.960 bits per heavy atom. The highest BCUT2D eigenvalue weighted by Gasteiger charge is 2.12. The van der Waals surface area contributed by atoms with Crippen LogP contribution in [0.15, 0.2) is 72.4 Å². The number of allylic oxidation sites excluding steroid dienone is 1. The maximum Gasteiger partial charge on any atom is 0.191 e. The lowest BCUT2D eigenvalue weighted by Gasteiger charge is -2.08. The van der Waals surface area contributed by atoms with Crippen LogP contribution in [0.25, 0.3) is 0 Å². The molecule has 0 aliphatic carbocycles. The topological polar surface area (TPSA) is 30.7 Å². The van der Waals surface area contributed by atoms with E-state index in [1.807, 2.05) is 24.3 Å². The number of thioether (sulfide) groups is 1. The summed E-state index contributed by atoms with van der Waals surface area (Å²) in [7, 11) is 0. The number of nitrogens with zero attached hydrogens (tertiary/aromatic N) is 3. The summed E-state index contributed by atoms with van der Waals surface area (Å²) >= 11 is 1.61. The summed E-state index contributed by atoms with van der Waals surface area (Å²) in [6, 6.07) is 16.9. The fraction of sp³-hybridized carbons (Fsp3) is 0.200. The van der Waals surface area contributed by atoms with Crippen molar-refractivity contribution in [3.63, 3.8) is 0 Å². The van der Waals surface area contributed by atoms with Gasteiger partial charge in [0.05, 0.1) is 0 Å². The van der Waals surface area contributed by atoms with Crippen molar-refractivity contribution in [2.75, 3.05) is 0 Å². The van der Waals surface area contributed by atoms with Crippen molar-refractivity contribution in [3.8, 4) is 0 Å². The number of hydrogen-bond acceptors (Lipinski definition) is 3. The van der Waals surface area contributed by atoms with E-state index in [1.54, 1.807) is 23.9 Å². The van der Waals surface area contributed by atoms with E-state index in [4.69, 9.17) is 0 Å². The summed E-state index contributed by atoms with van der Waals surface area (Å²) in [6.45, 7) is 4.52. The van der Waals surface area contributed by atoms with E-state index in [1.165, 1.54) is 17.7 Å². The highest BCUT2D eigenvalue weighted by Crippen LogP contribution is 2.23. The first-order valence-corrected chi connectivity index (χ1v) is 9.19. The molecule has 128 valence electrons. The fourth-order valence-corrected chi connectivity index (χ4v) is 3.48. The molecule has 0 bridgehead atoms. The van der Waals surface area contributed by atoms with E-state index in [9.17, 15) is 4.39 Å². The SMILES string of the molecule is C=CCn1c(CCc2ccccc2)nnc1SCc1ccc(F)cc1. The first-order valence-electron chi connectivity index (χ1n) is 8.20. The van der Waals surface area contributed by atoms with Gasteiger partial charge in [-0.1, -0.05) is 60.3 Å². The van der Waals surface area contributed by atoms with Gasteiger partial charge in [-0.25, -0.2) is 4.39 Å². The zero-order valence-electron chi connectivity index (χ0n) is 13.9. The molecule has 5 heteroatoms. The molecule has 0 saturated carbocycles. The summed E-state index contributed by atoms with van der Waals surface area (Å²) in [6.07, 6.45) is 3.62. The van der Waals surface area contributed by atoms with Gasteiger partial charge in [-0.3, -0.25) is 0 Å². The van der Waals surface area contributed by atoms with Crippen LogP contribution in [0.2, 0.25) is 0 Å². The molecule has 0 atom stereocenters. The normalized spacial score (nSPS) is 10.8. The Balaban J connectivity index is 1.68. The predicted molar refractivity (Wildman–Crippen MR) is 100 cm³/mol. The van der Waals surface area contributed by atoms with Crippen LogP contribution in [0.5, 0.6) is 0 Å². The van der Waals surface area contributed by atoms with Crippen LogP contribution in [-0.4, -0.2) is 14.8 Å². The number of rotatable bonds is 8. The van der Waals surface area contributed by atoms with Gasteiger partial charge in [-0.15, -0.1) is 16.8 Å². The molecule has 0 saturated heterocycles. The maximum atomic E-state index is 13.0. The molecule has 0 amide bonds. The molecule has 0 spiro atoms. The van der Waals surface area contributed by atoms with Crippen LogP contribution in [-0.2, 0) is 25.1 Å². The molecule has 0 radical (unpaired) electrons. The third-order valence-corrected chi connectivity index (χ3v) is 4.90. The van der Waals surface area contributed by atoms with Gasteiger partial charge in [0.2, 0.25) is 0 Å². The molecule has 0 unspecified atom stereocenters. The Hall–Kier alpha value is -2.40. The Morgan fingerprint density at radius 3 is 2.44 bits per heavy atom. The number of benzene rings is 2. The monoisotopic (exact) mass is 353 g/mol. The van der Waals surface area contributed by atoms with Crippen molar-refractivity contribution in [1.29, 1.82) is 0 Å². The molecular weight excluding hydrogens is 333 g/mol. The van der Waals surface area contributed by atoms with Crippen LogP contribution in [0.1, 0.15) is 17.0 Å². The average Bonchev–Trinajstić information content (AvgIpc) is 3.03. The number of hydrogen-bond donors (Lipinski definition) is 0. The smallest absolute Gasteiger partial charge is 0.191 e. The second-order valence-electron chi connectivity index (χ2n) is 5.70. The number of aryl methyl sites for hydroxylation is 2. The number of aromatic nitrogens is 3. The van der Waals surface area contributed by atoms with Gasteiger partial charge in [-0.2, -0.15) is 0 Å². The van der Waals surface area contributed by atoms with Gasteiger partial charge >= 0.3 is 0 Å². The first-order chi connectivity index (χ1) is 12.3. The molecule has 3 rings (SSSR count). The van der Waals surface area contributed by atoms with E-state index in [2.05, 4.69) is 33.5 Å². The molecule has 0 fully saturated rings. The van der Waals surface area contributed by atoms with Gasteiger partial charge in [-0.05, 0) is 29.7 Å². The third-order valence-electron chi connectivity index (χ3n) is 3.87. The molecule has 1 heterocycles. The zero-order valence-corrected chi connectivity index (χ0v) is 14.8. The van der Waals surface area contributed by atoms with Gasteiger partial charge < -0.3 is 4.57 Å². The summed E-state index contributed by atoms with van der Waals surface area (Å²) in [5, 5.41) is 9.56. The molecule has 25 heavy (non-hydrogen) atoms. The average molecular weight is 353 g/mol. The van der Waals surface area contributed by atoms with Crippen molar-refractivity contribution in [1.82, 2.24) is 14.8 Å². The minimum absolute atomic E-state index is 0.216. The zero-order chi connectivity index (χ0) is 17.5. The Labute approximate surface area is 151 Å². The van der Waals surface area contributed by atoms with Crippen molar-refractivity contribution < 1.29 is 4.39 Å². The minimum atomic E-state index is -0.216. The largest absolute Gasteiger partial charge is 0.302 e. The van der Waals surface area contributed by atoms with Gasteiger partial charge in [0, 0.05) is 18.7 Å². The van der Waals surface area contributed by atoms with E-state index < -0.39 is 0 Å². The molecule has 3 aromatic rings. The van der Waals surface area contributed by atoms with Crippen LogP contribution in [0, 0.1) is 5.82 Å². The number of halogens is 1. The van der Waals surface area contributed by atoms with Crippen molar-refractivity contribution >= 4 is 11.8 Å². The van der Waals surface area contributed by atoms with E-state index in [0.717, 1.165) is 35.1 Å². The minimum Gasteiger partial charge on any atom is -0.302 e. The lowest BCUT2D eigenvalue weighted by atomic mass is 10.1. The summed E-state index contributed by atoms with van der Waals surface area (Å²) in [4.78, 5) is 0. The molecular formula is C20H20FN3S. The van der Waals surface area contributed by atoms with Crippen molar-refractivity contribution in [2.24, 2.45) is 0 Å². The molecule has 3 nitrogen and oxygen atoms in total. The van der Waals surface area contributed by atoms with E-state index >= 15 is 0 Å². The summed E-state index contributed by atoms with van der Waals surface area (Å²) in [5.74, 6) is 1.48. The predicted octanol–water partition coefficient (Wildman–Crippen LogP) is 4.68. The molecule has 0 N–H and O–H groups in total. The van der Waals surface area contributed by atoms with Gasteiger partial charge in [0.25, 0.3) is 0 Å². The Kier molecular flexibility index (Phi) is 6.01. The summed E-state index contributed by atoms with van der Waals surface area (Å²) < 4.78 is 15.1. The van der Waals surface area contributed by atoms with E-state index in [0.29, 0.717) is 6.54 Å². The quantitative estimate of drug-likeness (QED) is 0.435. The third kappa shape index (κ3) is 4.79. The van der Waals surface area contributed by atoms with Gasteiger partial charge in [0.1, 0.15) is 11.6 Å². The fourth-order valence-electron chi connectivity index (χ4n) is 2.55. The van der Waals surface area contributed by atoms with E-state index in [-0.39, 0.29) is 5.82 Å². The standard InChI is InChI=1S/C20H20FN3S/c1-2-14-24-19(13-10-16-6-4-3-5-7-16)22-23-20(24)25-15-17-8-11-18(21)12-9-17/h2-9,11-12H,1,10,13-15H2. The lowest BCUT2D eigenvalue weighted by molar-refractivity contribution is 0.627. The molecule has 0 aliphatic rings. The summed E-state index contributed by atoms with van der Waals surface area (Å²) in [5.41, 5.74) is 2.35. The molecule has 2 aromatic carbocycles. The molecule has 1 aromatic heterocycles. The highest BCUT2D eigenvalue weighted by atomic mass is 32.2. The maximum absolute atomic E-state index is 13.0. The second-order valence-corrected chi connectivity index (χ2v) is 6.64. The first kappa shape index (κ1) is 17.4. The van der Waals surface area contributed by atoms with Crippen LogP contribution in [0.3, 0.4) is 0 Å². The Morgan fingerprint density at radius 2 is 1.72 bits per heavy atom. The second kappa shape index (κ2) is 8.62. The molecule has 0 aliphatic heterocycles. The van der Waals surface area contributed by atoms with Crippen molar-refractivity contribution in [3.05, 3.63) is 90.0 Å². The van der Waals surface area contributed by atoms with Crippen LogP contribution >= 0.6 is 11.8 Å². The lowest BCUT2D eigenvalue weighted by Crippen LogP contribution is -2.05. The van der Waals surface area contributed by atoms with Gasteiger partial charge in [0.15, 0.2) is 5.16 Å². The highest BCUT2D eigenvalue weighted by molar-refractivity contribution is 7.98. The Bertz CT molecular complexity index is 813. The van der Waals surface area contributed by atoms with Crippen LogP contribution in [0.4, 0.5) is 4.39 Å². The van der Waals surface area contributed by atoms with Crippen molar-refractivity contribution in [2.45, 2.75) is 30.3 Å².